The Labute approximate surface area is 344 Å². The molecule has 3 atom stereocenters. The molecular weight excluding hydrogens is 753 g/mol. The van der Waals surface area contributed by atoms with Gasteiger partial charge in [0.2, 0.25) is 11.8 Å². The summed E-state index contributed by atoms with van der Waals surface area (Å²) in [4.78, 5) is 74.4. The molecular formula is C44H54N8O7. The van der Waals surface area contributed by atoms with E-state index in [1.807, 2.05) is 70.2 Å². The summed E-state index contributed by atoms with van der Waals surface area (Å²) >= 11 is 0. The number of hydrogen-bond acceptors (Lipinski definition) is 9. The Hall–Kier alpha value is -6.25. The van der Waals surface area contributed by atoms with Crippen molar-refractivity contribution in [3.63, 3.8) is 0 Å². The topological polar surface area (TPSA) is 188 Å². The maximum atomic E-state index is 13.7. The van der Waals surface area contributed by atoms with E-state index in [-0.39, 0.29) is 29.7 Å². The van der Waals surface area contributed by atoms with Gasteiger partial charge < -0.3 is 39.0 Å². The number of rotatable bonds is 15. The number of imidazole rings is 2. The molecule has 15 nitrogen and oxygen atoms in total. The highest BCUT2D eigenvalue weighted by Crippen LogP contribution is 2.35. The van der Waals surface area contributed by atoms with Gasteiger partial charge in [-0.3, -0.25) is 9.59 Å². The van der Waals surface area contributed by atoms with Crippen molar-refractivity contribution < 1.29 is 33.1 Å². The van der Waals surface area contributed by atoms with Gasteiger partial charge in [0.05, 0.1) is 56.5 Å². The SMILES string of the molecule is CCCCN(Cc1ncc(-c2ccc(-c3cc4cc(-c5cnc([C@@H]6CCCN6C(=O)[C@@H](NC(=O)OC)C(C)C)[nH]5)ccc4o3)cc2)[nH]1)C(=O)C(/C=N\C(=O)OC)C(C)C. The molecule has 1 fully saturated rings. The van der Waals surface area contributed by atoms with Crippen molar-refractivity contribution in [1.82, 2.24) is 35.1 Å². The summed E-state index contributed by atoms with van der Waals surface area (Å²) in [5, 5.41) is 3.63. The van der Waals surface area contributed by atoms with Crippen LogP contribution in [0.1, 0.15) is 78.0 Å². The van der Waals surface area contributed by atoms with Crippen molar-refractivity contribution in [3.8, 4) is 33.8 Å². The molecule has 2 aromatic carbocycles. The standard InChI is InChI=1S/C44H54N8O7/c1-8-9-18-51(41(53)32(26(2)3)22-47-43(55)57-6)25-38-45-23-33(48-38)28-12-14-29(15-13-28)37-21-31-20-30(16-17-36(31)59-37)34-24-46-40(49-34)35-11-10-19-52(35)42(54)39(27(4)5)50-44(56)58-7/h12-17,20-24,26-27,32,35,39H,8-11,18-19,25H2,1-7H3,(H,45,48)(H,46,49)(H,50,56)/b47-22-/t32?,35-,39-/m0/s1. The van der Waals surface area contributed by atoms with Crippen molar-refractivity contribution in [1.29, 1.82) is 0 Å². The summed E-state index contributed by atoms with van der Waals surface area (Å²) in [5.74, 6) is 1.04. The summed E-state index contributed by atoms with van der Waals surface area (Å²) in [6.07, 6.45) is 6.91. The third kappa shape index (κ3) is 9.90. The number of nitrogens with one attached hydrogen (secondary N) is 3. The zero-order valence-electron chi connectivity index (χ0n) is 34.8. The second kappa shape index (κ2) is 19.0. The van der Waals surface area contributed by atoms with Gasteiger partial charge in [0.1, 0.15) is 29.0 Å². The van der Waals surface area contributed by atoms with Gasteiger partial charge in [-0.1, -0.05) is 65.3 Å². The first-order valence-corrected chi connectivity index (χ1v) is 20.2. The molecule has 0 radical (unpaired) electrons. The van der Waals surface area contributed by atoms with Gasteiger partial charge in [-0.25, -0.2) is 19.6 Å². The number of aliphatic imine (C=N–C) groups is 1. The molecule has 1 aliphatic heterocycles. The van der Waals surface area contributed by atoms with Crippen LogP contribution in [0.4, 0.5) is 9.59 Å². The second-order valence-electron chi connectivity index (χ2n) is 15.5. The van der Waals surface area contributed by atoms with E-state index in [9.17, 15) is 19.2 Å². The number of likely N-dealkylation sites (tertiary alicyclic amines) is 1. The molecule has 4 heterocycles. The van der Waals surface area contributed by atoms with Crippen LogP contribution in [0.25, 0.3) is 44.8 Å². The zero-order chi connectivity index (χ0) is 42.2. The number of benzene rings is 2. The zero-order valence-corrected chi connectivity index (χ0v) is 34.8. The summed E-state index contributed by atoms with van der Waals surface area (Å²) in [6, 6.07) is 15.1. The lowest BCUT2D eigenvalue weighted by molar-refractivity contribution is -0.136. The minimum atomic E-state index is -0.738. The molecule has 1 aliphatic rings. The monoisotopic (exact) mass is 806 g/mol. The van der Waals surface area contributed by atoms with Crippen LogP contribution in [0, 0.1) is 17.8 Å². The third-order valence-corrected chi connectivity index (χ3v) is 10.7. The Bertz CT molecular complexity index is 2270. The average Bonchev–Trinajstić information content (AvgIpc) is 4.07. The number of H-pyrrole nitrogens is 2. The number of carbonyl (C=O) groups excluding carboxylic acids is 4. The molecule has 4 amide bonds. The highest BCUT2D eigenvalue weighted by atomic mass is 16.5. The molecule has 1 saturated heterocycles. The molecule has 312 valence electrons. The van der Waals surface area contributed by atoms with E-state index < -0.39 is 24.1 Å². The van der Waals surface area contributed by atoms with E-state index in [1.54, 1.807) is 22.2 Å². The first-order valence-electron chi connectivity index (χ1n) is 20.2. The molecule has 0 bridgehead atoms. The predicted octanol–water partition coefficient (Wildman–Crippen LogP) is 8.16. The van der Waals surface area contributed by atoms with E-state index in [2.05, 4.69) is 48.0 Å². The van der Waals surface area contributed by atoms with Gasteiger partial charge >= 0.3 is 12.2 Å². The van der Waals surface area contributed by atoms with Crippen LogP contribution in [-0.4, -0.2) is 93.3 Å². The Balaban J connectivity index is 1.14. The van der Waals surface area contributed by atoms with Gasteiger partial charge in [-0.05, 0) is 60.9 Å². The molecule has 0 saturated carbocycles. The highest BCUT2D eigenvalue weighted by Gasteiger charge is 2.37. The maximum Gasteiger partial charge on any atom is 0.432 e. The largest absolute Gasteiger partial charge is 0.456 e. The summed E-state index contributed by atoms with van der Waals surface area (Å²) in [5.41, 5.74) is 5.16. The Morgan fingerprint density at radius 2 is 1.66 bits per heavy atom. The van der Waals surface area contributed by atoms with Crippen LogP contribution >= 0.6 is 0 Å². The molecule has 15 heteroatoms. The predicted molar refractivity (Wildman–Crippen MR) is 224 cm³/mol. The number of aromatic nitrogens is 4. The third-order valence-electron chi connectivity index (χ3n) is 10.7. The summed E-state index contributed by atoms with van der Waals surface area (Å²) in [7, 11) is 2.54. The Kier molecular flexibility index (Phi) is 13.6. The molecule has 0 spiro atoms. The lowest BCUT2D eigenvalue weighted by Gasteiger charge is -2.30. The molecule has 5 aromatic rings. The molecule has 6 rings (SSSR count). The lowest BCUT2D eigenvalue weighted by Crippen LogP contribution is -2.51. The Morgan fingerprint density at radius 1 is 0.949 bits per heavy atom. The number of hydrogen-bond donors (Lipinski definition) is 3. The van der Waals surface area contributed by atoms with Crippen LogP contribution in [-0.2, 0) is 25.6 Å². The number of ether oxygens (including phenoxy) is 2. The average molecular weight is 807 g/mol. The fourth-order valence-electron chi connectivity index (χ4n) is 7.32. The highest BCUT2D eigenvalue weighted by molar-refractivity contribution is 5.96. The Morgan fingerprint density at radius 3 is 2.36 bits per heavy atom. The quantitative estimate of drug-likeness (QED) is 0.0877. The number of fused-ring (bicyclic) bond motifs is 1. The maximum absolute atomic E-state index is 13.7. The summed E-state index contributed by atoms with van der Waals surface area (Å²) in [6.45, 7) is 11.1. The van der Waals surface area contributed by atoms with Crippen molar-refractivity contribution >= 4 is 41.2 Å². The fraction of sp³-hybridized carbons (Fsp3) is 0.432. The first-order chi connectivity index (χ1) is 28.4. The van der Waals surface area contributed by atoms with Crippen molar-refractivity contribution in [3.05, 3.63) is 72.6 Å². The van der Waals surface area contributed by atoms with Gasteiger partial charge in [0.15, 0.2) is 0 Å². The van der Waals surface area contributed by atoms with Crippen LogP contribution < -0.4 is 5.32 Å². The minimum absolute atomic E-state index is 0.0688. The number of furan rings is 1. The summed E-state index contributed by atoms with van der Waals surface area (Å²) < 4.78 is 15.7. The number of alkyl carbamates (subject to hydrolysis) is 1. The molecule has 3 aromatic heterocycles. The number of methoxy groups -OCH3 is 2. The van der Waals surface area contributed by atoms with Crippen molar-refractivity contribution in [2.45, 2.75) is 78.9 Å². The number of unbranched alkanes of at least 4 members (excludes halogenated alkanes) is 1. The van der Waals surface area contributed by atoms with E-state index in [1.165, 1.54) is 20.4 Å². The van der Waals surface area contributed by atoms with Crippen LogP contribution in [0.3, 0.4) is 0 Å². The van der Waals surface area contributed by atoms with E-state index >= 15 is 0 Å². The molecule has 3 N–H and O–H groups in total. The normalized spacial score (nSPS) is 15.3. The second-order valence-corrected chi connectivity index (χ2v) is 15.5. The van der Waals surface area contributed by atoms with E-state index in [0.29, 0.717) is 31.3 Å². The minimum Gasteiger partial charge on any atom is -0.456 e. The van der Waals surface area contributed by atoms with Crippen LogP contribution in [0.2, 0.25) is 0 Å². The van der Waals surface area contributed by atoms with Crippen molar-refractivity contribution in [2.24, 2.45) is 22.7 Å². The number of aromatic amines is 2. The number of nitrogens with zero attached hydrogens (tertiary/aromatic N) is 5. The van der Waals surface area contributed by atoms with Crippen molar-refractivity contribution in [2.75, 3.05) is 27.3 Å². The first kappa shape index (κ1) is 42.4. The smallest absolute Gasteiger partial charge is 0.432 e. The molecule has 0 aliphatic carbocycles. The molecule has 59 heavy (non-hydrogen) atoms. The van der Waals surface area contributed by atoms with Gasteiger partial charge in [-0.2, -0.15) is 4.99 Å². The fourth-order valence-corrected chi connectivity index (χ4v) is 7.32. The van der Waals surface area contributed by atoms with Crippen LogP contribution in [0.5, 0.6) is 0 Å². The lowest BCUT2D eigenvalue weighted by atomic mass is 9.95. The van der Waals surface area contributed by atoms with E-state index in [4.69, 9.17) is 9.15 Å². The molecule has 1 unspecified atom stereocenters. The number of amides is 4. The van der Waals surface area contributed by atoms with E-state index in [0.717, 1.165) is 70.5 Å². The van der Waals surface area contributed by atoms with Crippen LogP contribution in [0.15, 0.2) is 70.3 Å². The number of carbonyl (C=O) groups is 4. The van der Waals surface area contributed by atoms with Gasteiger partial charge in [0.25, 0.3) is 0 Å². The van der Waals surface area contributed by atoms with Gasteiger partial charge in [0, 0.05) is 35.8 Å². The van der Waals surface area contributed by atoms with Gasteiger partial charge in [-0.15, -0.1) is 0 Å².